The molecule has 5 heteroatoms. The van der Waals surface area contributed by atoms with Crippen LogP contribution in [0.25, 0.3) is 0 Å². The summed E-state index contributed by atoms with van der Waals surface area (Å²) in [5, 5.41) is 35.4. The first-order valence-electron chi connectivity index (χ1n) is 11.1. The average molecular weight is 447 g/mol. The molecule has 0 aliphatic rings. The highest BCUT2D eigenvalue weighted by atomic mass is 28.3. The molecule has 0 unspecified atom stereocenters. The minimum absolute atomic E-state index is 0.0105. The van der Waals surface area contributed by atoms with Crippen LogP contribution in [-0.4, -0.2) is 25.2 Å². The Balaban J connectivity index is 2.32. The summed E-state index contributed by atoms with van der Waals surface area (Å²) >= 11 is 0. The van der Waals surface area contributed by atoms with Crippen LogP contribution >= 0.6 is 0 Å². The van der Waals surface area contributed by atoms with Crippen LogP contribution in [-0.2, 0) is 0 Å². The van der Waals surface area contributed by atoms with Gasteiger partial charge in [-0.2, -0.15) is 5.26 Å². The molecule has 0 fully saturated rings. The van der Waals surface area contributed by atoms with Crippen molar-refractivity contribution in [1.29, 1.82) is 5.26 Å². The Morgan fingerprint density at radius 3 is 1.45 bits per heavy atom. The van der Waals surface area contributed by atoms with Crippen LogP contribution in [0.2, 0.25) is 0 Å². The second-order valence-electron chi connectivity index (χ2n) is 8.48. The maximum atomic E-state index is 10.6. The normalized spacial score (nSPS) is 11.3. The Bertz CT molecular complexity index is 1170. The molecule has 0 saturated heterocycles. The van der Waals surface area contributed by atoms with Gasteiger partial charge in [0.2, 0.25) is 0 Å². The van der Waals surface area contributed by atoms with Crippen molar-refractivity contribution >= 4 is 41.4 Å². The van der Waals surface area contributed by atoms with E-state index in [4.69, 9.17) is 0 Å². The van der Waals surface area contributed by atoms with Crippen molar-refractivity contribution in [3.63, 3.8) is 0 Å². The zero-order valence-corrected chi connectivity index (χ0v) is 19.8. The van der Waals surface area contributed by atoms with Crippen molar-refractivity contribution in [1.82, 2.24) is 0 Å². The van der Waals surface area contributed by atoms with Crippen molar-refractivity contribution in [2.24, 2.45) is 0 Å². The Morgan fingerprint density at radius 1 is 0.697 bits per heavy atom. The second-order valence-corrected chi connectivity index (χ2v) is 12.2. The van der Waals surface area contributed by atoms with Gasteiger partial charge in [-0.25, -0.2) is 0 Å². The zero-order chi connectivity index (χ0) is 23.4. The predicted molar refractivity (Wildman–Crippen MR) is 139 cm³/mol. The van der Waals surface area contributed by atoms with Crippen LogP contribution in [0, 0.1) is 11.3 Å². The fourth-order valence-corrected chi connectivity index (χ4v) is 10.4. The lowest BCUT2D eigenvalue weighted by Gasteiger charge is -2.38. The molecular formula is C28H26BNO2Si. The van der Waals surface area contributed by atoms with E-state index >= 15 is 0 Å². The molecule has 162 valence electrons. The van der Waals surface area contributed by atoms with Crippen molar-refractivity contribution in [3.8, 4) is 6.07 Å². The molecule has 4 rings (SSSR count). The predicted octanol–water partition coefficient (Wildman–Crippen LogP) is 1.74. The summed E-state index contributed by atoms with van der Waals surface area (Å²) in [5.41, 5.74) is 1.91. The van der Waals surface area contributed by atoms with Gasteiger partial charge >= 0.3 is 7.12 Å². The number of hydrogen-bond donors (Lipinski definition) is 2. The smallest absolute Gasteiger partial charge is 0.423 e. The third-order valence-corrected chi connectivity index (χ3v) is 11.2. The van der Waals surface area contributed by atoms with Crippen molar-refractivity contribution in [3.05, 3.63) is 114 Å². The minimum Gasteiger partial charge on any atom is -0.423 e. The fraction of sp³-hybridized carbons (Fsp3) is 0.107. The Hall–Kier alpha value is -3.43. The highest BCUT2D eigenvalue weighted by Crippen LogP contribution is 2.21. The molecule has 0 radical (unpaired) electrons. The minimum atomic E-state index is -3.03. The van der Waals surface area contributed by atoms with Gasteiger partial charge in [-0.15, -0.1) is 0 Å². The first kappa shape index (κ1) is 22.8. The fourth-order valence-electron chi connectivity index (χ4n) is 4.96. The van der Waals surface area contributed by atoms with Crippen LogP contribution in [0.4, 0.5) is 0 Å². The SMILES string of the molecule is CC(C)c1c(C#N)ccc(B(O)O)c1[Si](c1ccccc1)(c1ccccc1)c1ccccc1. The lowest BCUT2D eigenvalue weighted by Crippen LogP contribution is -2.79. The summed E-state index contributed by atoms with van der Waals surface area (Å²) in [7, 11) is -4.69. The summed E-state index contributed by atoms with van der Waals surface area (Å²) in [5.74, 6) is 0.0105. The molecule has 3 nitrogen and oxygen atoms in total. The summed E-state index contributed by atoms with van der Waals surface area (Å²) < 4.78 is 0. The molecule has 0 spiro atoms. The molecule has 0 aliphatic carbocycles. The van der Waals surface area contributed by atoms with E-state index in [0.29, 0.717) is 11.0 Å². The molecule has 2 N–H and O–H groups in total. The van der Waals surface area contributed by atoms with E-state index < -0.39 is 15.2 Å². The van der Waals surface area contributed by atoms with Crippen molar-refractivity contribution in [2.75, 3.05) is 0 Å². The highest BCUT2D eigenvalue weighted by molar-refractivity contribution is 7.21. The van der Waals surface area contributed by atoms with Crippen LogP contribution in [0.15, 0.2) is 103 Å². The largest absolute Gasteiger partial charge is 0.488 e. The molecule has 33 heavy (non-hydrogen) atoms. The Morgan fingerprint density at radius 2 is 1.12 bits per heavy atom. The van der Waals surface area contributed by atoms with E-state index in [9.17, 15) is 15.3 Å². The average Bonchev–Trinajstić information content (AvgIpc) is 2.86. The lowest BCUT2D eigenvalue weighted by molar-refractivity contribution is 0.426. The van der Waals surface area contributed by atoms with Crippen molar-refractivity contribution < 1.29 is 10.0 Å². The number of nitrogens with zero attached hydrogens (tertiary/aromatic N) is 1. The second kappa shape index (κ2) is 9.60. The first-order chi connectivity index (χ1) is 16.0. The molecule has 4 aromatic rings. The van der Waals surface area contributed by atoms with E-state index in [1.54, 1.807) is 12.1 Å². The highest BCUT2D eigenvalue weighted by Gasteiger charge is 2.46. The molecule has 0 heterocycles. The number of rotatable bonds is 6. The molecule has 0 amide bonds. The number of benzene rings is 4. The van der Waals surface area contributed by atoms with Gasteiger partial charge in [-0.05, 0) is 43.8 Å². The maximum Gasteiger partial charge on any atom is 0.488 e. The monoisotopic (exact) mass is 447 g/mol. The van der Waals surface area contributed by atoms with E-state index in [2.05, 4.69) is 56.3 Å². The number of nitriles is 1. The van der Waals surface area contributed by atoms with Crippen molar-refractivity contribution in [2.45, 2.75) is 19.8 Å². The van der Waals surface area contributed by atoms with Gasteiger partial charge in [0.15, 0.2) is 8.07 Å². The van der Waals surface area contributed by atoms with Crippen LogP contribution in [0.3, 0.4) is 0 Å². The standard InChI is InChI=1S/C28H26BNO2Si/c1-21(2)27-22(20-30)18-19-26(29(31)32)28(27)33(23-12-6-3-7-13-23,24-14-8-4-9-15-24)25-16-10-5-11-17-25/h3-19,21,31-32H,1-2H3. The molecule has 4 aromatic carbocycles. The first-order valence-corrected chi connectivity index (χ1v) is 13.1. The van der Waals surface area contributed by atoms with Gasteiger partial charge in [0.25, 0.3) is 0 Å². The van der Waals surface area contributed by atoms with Crippen LogP contribution in [0.1, 0.15) is 30.9 Å². The molecule has 0 aliphatic heterocycles. The van der Waals surface area contributed by atoms with Gasteiger partial charge in [-0.3, -0.25) is 0 Å². The van der Waals surface area contributed by atoms with Gasteiger partial charge in [-0.1, -0.05) is 111 Å². The van der Waals surface area contributed by atoms with Gasteiger partial charge < -0.3 is 10.0 Å². The van der Waals surface area contributed by atoms with Gasteiger partial charge in [0.1, 0.15) is 0 Å². The quantitative estimate of drug-likeness (QED) is 0.350. The summed E-state index contributed by atoms with van der Waals surface area (Å²) in [6.07, 6.45) is 0. The van der Waals surface area contributed by atoms with Gasteiger partial charge in [0, 0.05) is 0 Å². The Labute approximate surface area is 196 Å². The third-order valence-electron chi connectivity index (χ3n) is 6.25. The number of hydrogen-bond acceptors (Lipinski definition) is 3. The van der Waals surface area contributed by atoms with E-state index in [1.807, 2.05) is 54.6 Å². The molecule has 0 atom stereocenters. The summed E-state index contributed by atoms with van der Waals surface area (Å²) in [6.45, 7) is 4.13. The molecule has 0 saturated carbocycles. The molecular weight excluding hydrogens is 421 g/mol. The molecule has 0 aromatic heterocycles. The van der Waals surface area contributed by atoms with E-state index in [-0.39, 0.29) is 5.92 Å². The molecule has 0 bridgehead atoms. The maximum absolute atomic E-state index is 10.6. The summed E-state index contributed by atoms with van der Waals surface area (Å²) in [6, 6.07) is 36.7. The third kappa shape index (κ3) is 3.94. The van der Waals surface area contributed by atoms with Gasteiger partial charge in [0.05, 0.1) is 11.6 Å². The Kier molecular flexibility index (Phi) is 6.62. The topological polar surface area (TPSA) is 64.2 Å². The van der Waals surface area contributed by atoms with Crippen LogP contribution in [0.5, 0.6) is 0 Å². The van der Waals surface area contributed by atoms with Crippen LogP contribution < -0.4 is 26.2 Å². The van der Waals surface area contributed by atoms with E-state index in [1.165, 1.54) is 0 Å². The summed E-state index contributed by atoms with van der Waals surface area (Å²) in [4.78, 5) is 0. The lowest BCUT2D eigenvalue weighted by atomic mass is 9.77. The zero-order valence-electron chi connectivity index (χ0n) is 18.8. The van der Waals surface area contributed by atoms with E-state index in [0.717, 1.165) is 26.3 Å².